The van der Waals surface area contributed by atoms with Crippen molar-refractivity contribution >= 4 is 5.91 Å². The molecule has 0 aliphatic carbocycles. The highest BCUT2D eigenvalue weighted by molar-refractivity contribution is 5.82. The van der Waals surface area contributed by atoms with Gasteiger partial charge in [0.05, 0.1) is 6.61 Å². The molecule has 1 rings (SSSR count). The Kier molecular flexibility index (Phi) is 6.09. The number of ether oxygens (including phenoxy) is 1. The highest BCUT2D eigenvalue weighted by Gasteiger charge is 2.37. The average molecular weight is 256 g/mol. The third kappa shape index (κ3) is 4.25. The highest BCUT2D eigenvalue weighted by Crippen LogP contribution is 2.31. The Bertz CT molecular complexity index is 261. The number of hydrogen-bond donors (Lipinski definition) is 2. The minimum absolute atomic E-state index is 0.0771. The summed E-state index contributed by atoms with van der Waals surface area (Å²) < 4.78 is 5.33. The number of amides is 1. The van der Waals surface area contributed by atoms with E-state index < -0.39 is 0 Å². The van der Waals surface area contributed by atoms with Crippen LogP contribution in [0.5, 0.6) is 0 Å². The van der Waals surface area contributed by atoms with Gasteiger partial charge in [-0.2, -0.15) is 0 Å². The molecular weight excluding hydrogens is 228 g/mol. The molecule has 1 heterocycles. The lowest BCUT2D eigenvalue weighted by molar-refractivity contribution is -0.133. The molecule has 0 aromatic carbocycles. The van der Waals surface area contributed by atoms with E-state index in [9.17, 15) is 4.79 Å². The Morgan fingerprint density at radius 1 is 1.56 bits per heavy atom. The van der Waals surface area contributed by atoms with Crippen LogP contribution in [-0.2, 0) is 9.53 Å². The topological polar surface area (TPSA) is 50.4 Å². The summed E-state index contributed by atoms with van der Waals surface area (Å²) in [6.07, 6.45) is 2.29. The molecule has 2 atom stereocenters. The van der Waals surface area contributed by atoms with E-state index in [1.807, 2.05) is 27.7 Å². The molecule has 1 fully saturated rings. The first-order valence-corrected chi connectivity index (χ1v) is 7.08. The van der Waals surface area contributed by atoms with Gasteiger partial charge in [0, 0.05) is 18.1 Å². The fourth-order valence-electron chi connectivity index (χ4n) is 2.40. The summed E-state index contributed by atoms with van der Waals surface area (Å²) in [5, 5.41) is 6.44. The van der Waals surface area contributed by atoms with Crippen LogP contribution in [0, 0.1) is 11.3 Å². The van der Waals surface area contributed by atoms with Crippen molar-refractivity contribution in [3.05, 3.63) is 0 Å². The first-order chi connectivity index (χ1) is 8.48. The molecule has 1 amide bonds. The second-order valence-corrected chi connectivity index (χ2v) is 5.80. The molecule has 2 N–H and O–H groups in total. The maximum atomic E-state index is 12.3. The number of nitrogens with one attached hydrogen (secondary N) is 2. The molecule has 1 saturated heterocycles. The molecular formula is C14H28N2O2. The van der Waals surface area contributed by atoms with Gasteiger partial charge in [-0.25, -0.2) is 0 Å². The monoisotopic (exact) mass is 256 g/mol. The zero-order chi connectivity index (χ0) is 13.6. The summed E-state index contributed by atoms with van der Waals surface area (Å²) in [6.45, 7) is 11.3. The van der Waals surface area contributed by atoms with E-state index in [2.05, 4.69) is 10.6 Å². The van der Waals surface area contributed by atoms with Crippen LogP contribution in [0.1, 0.15) is 40.5 Å². The molecule has 4 heteroatoms. The van der Waals surface area contributed by atoms with Crippen LogP contribution in [-0.4, -0.2) is 38.3 Å². The van der Waals surface area contributed by atoms with Crippen molar-refractivity contribution in [1.82, 2.24) is 10.6 Å². The summed E-state index contributed by atoms with van der Waals surface area (Å²) in [5.41, 5.74) is -0.312. The number of rotatable bonds is 6. The Hall–Kier alpha value is -0.610. The lowest BCUT2D eigenvalue weighted by atomic mass is 9.74. The predicted molar refractivity (Wildman–Crippen MR) is 73.5 cm³/mol. The molecule has 0 radical (unpaired) electrons. The Morgan fingerprint density at radius 3 is 2.83 bits per heavy atom. The molecule has 1 aliphatic rings. The first kappa shape index (κ1) is 15.4. The third-order valence-electron chi connectivity index (χ3n) is 3.85. The van der Waals surface area contributed by atoms with Crippen molar-refractivity contribution in [1.29, 1.82) is 0 Å². The second kappa shape index (κ2) is 7.10. The zero-order valence-electron chi connectivity index (χ0n) is 12.2. The van der Waals surface area contributed by atoms with Crippen LogP contribution < -0.4 is 10.6 Å². The van der Waals surface area contributed by atoms with Gasteiger partial charge < -0.3 is 15.4 Å². The Morgan fingerprint density at radius 2 is 2.28 bits per heavy atom. The maximum Gasteiger partial charge on any atom is 0.226 e. The van der Waals surface area contributed by atoms with Crippen LogP contribution in [0.3, 0.4) is 0 Å². The van der Waals surface area contributed by atoms with Crippen molar-refractivity contribution in [3.8, 4) is 0 Å². The lowest BCUT2D eigenvalue weighted by Gasteiger charge is -2.36. The number of carbonyl (C=O) groups is 1. The van der Waals surface area contributed by atoms with Crippen LogP contribution >= 0.6 is 0 Å². The standard InChI is InChI=1S/C14H28N2O2/c1-5-18-10-11(2)16-13(17)14(3,4)12-7-6-8-15-9-12/h11-12,15H,5-10H2,1-4H3,(H,16,17). The largest absolute Gasteiger partial charge is 0.380 e. The molecule has 0 spiro atoms. The van der Waals surface area contributed by atoms with Crippen molar-refractivity contribution in [3.63, 3.8) is 0 Å². The highest BCUT2D eigenvalue weighted by atomic mass is 16.5. The van der Waals surface area contributed by atoms with E-state index in [4.69, 9.17) is 4.74 Å². The third-order valence-corrected chi connectivity index (χ3v) is 3.85. The van der Waals surface area contributed by atoms with Crippen LogP contribution in [0.15, 0.2) is 0 Å². The summed E-state index contributed by atoms with van der Waals surface area (Å²) in [4.78, 5) is 12.3. The fourth-order valence-corrected chi connectivity index (χ4v) is 2.40. The predicted octanol–water partition coefficient (Wildman–Crippen LogP) is 1.55. The first-order valence-electron chi connectivity index (χ1n) is 7.08. The smallest absolute Gasteiger partial charge is 0.226 e. The van der Waals surface area contributed by atoms with E-state index in [0.717, 1.165) is 25.9 Å². The lowest BCUT2D eigenvalue weighted by Crippen LogP contribution is -2.50. The Balaban J connectivity index is 2.47. The molecule has 4 nitrogen and oxygen atoms in total. The van der Waals surface area contributed by atoms with Gasteiger partial charge in [0.2, 0.25) is 5.91 Å². The number of piperidine rings is 1. The molecule has 2 unspecified atom stereocenters. The number of carbonyl (C=O) groups excluding carboxylic acids is 1. The maximum absolute atomic E-state index is 12.3. The van der Waals surface area contributed by atoms with E-state index >= 15 is 0 Å². The fraction of sp³-hybridized carbons (Fsp3) is 0.929. The summed E-state index contributed by atoms with van der Waals surface area (Å²) in [7, 11) is 0. The summed E-state index contributed by atoms with van der Waals surface area (Å²) in [5.74, 6) is 0.564. The zero-order valence-corrected chi connectivity index (χ0v) is 12.2. The van der Waals surface area contributed by atoms with Gasteiger partial charge >= 0.3 is 0 Å². The molecule has 0 saturated carbocycles. The molecule has 0 bridgehead atoms. The van der Waals surface area contributed by atoms with E-state index in [1.165, 1.54) is 0 Å². The van der Waals surface area contributed by atoms with Crippen LogP contribution in [0.2, 0.25) is 0 Å². The quantitative estimate of drug-likeness (QED) is 0.758. The number of hydrogen-bond acceptors (Lipinski definition) is 3. The van der Waals surface area contributed by atoms with Gasteiger partial charge in [0.25, 0.3) is 0 Å². The van der Waals surface area contributed by atoms with Gasteiger partial charge in [-0.1, -0.05) is 13.8 Å². The van der Waals surface area contributed by atoms with Crippen molar-refractivity contribution in [2.75, 3.05) is 26.3 Å². The minimum atomic E-state index is -0.312. The molecule has 106 valence electrons. The van der Waals surface area contributed by atoms with Crippen LogP contribution in [0.4, 0.5) is 0 Å². The van der Waals surface area contributed by atoms with Crippen molar-refractivity contribution in [2.45, 2.75) is 46.6 Å². The second-order valence-electron chi connectivity index (χ2n) is 5.80. The summed E-state index contributed by atoms with van der Waals surface area (Å²) >= 11 is 0. The van der Waals surface area contributed by atoms with Crippen molar-refractivity contribution in [2.24, 2.45) is 11.3 Å². The van der Waals surface area contributed by atoms with Crippen molar-refractivity contribution < 1.29 is 9.53 Å². The minimum Gasteiger partial charge on any atom is -0.380 e. The van der Waals surface area contributed by atoms with Gasteiger partial charge in [-0.15, -0.1) is 0 Å². The normalized spacial score (nSPS) is 22.6. The van der Waals surface area contributed by atoms with Gasteiger partial charge in [-0.3, -0.25) is 4.79 Å². The van der Waals surface area contributed by atoms with E-state index in [-0.39, 0.29) is 17.4 Å². The van der Waals surface area contributed by atoms with Gasteiger partial charge in [0.1, 0.15) is 0 Å². The molecule has 0 aromatic rings. The van der Waals surface area contributed by atoms with Crippen LogP contribution in [0.25, 0.3) is 0 Å². The SMILES string of the molecule is CCOCC(C)NC(=O)C(C)(C)C1CCCNC1. The molecule has 0 aromatic heterocycles. The van der Waals surface area contributed by atoms with E-state index in [1.54, 1.807) is 0 Å². The molecule has 18 heavy (non-hydrogen) atoms. The van der Waals surface area contributed by atoms with Gasteiger partial charge in [0.15, 0.2) is 0 Å². The van der Waals surface area contributed by atoms with E-state index in [0.29, 0.717) is 19.1 Å². The summed E-state index contributed by atoms with van der Waals surface area (Å²) in [6, 6.07) is 0.0771. The van der Waals surface area contributed by atoms with Gasteiger partial charge in [-0.05, 0) is 45.7 Å². The molecule has 1 aliphatic heterocycles. The Labute approximate surface area is 111 Å². The average Bonchev–Trinajstić information content (AvgIpc) is 2.37.